The second-order valence-corrected chi connectivity index (χ2v) is 15.7. The van der Waals surface area contributed by atoms with Gasteiger partial charge < -0.3 is 38.9 Å². The quantitative estimate of drug-likeness (QED) is 0.0457. The van der Waals surface area contributed by atoms with Gasteiger partial charge in [-0.2, -0.15) is 13.5 Å². The average molecular weight is 871 g/mol. The zero-order valence-corrected chi connectivity index (χ0v) is 34.0. The molecule has 4 heterocycles. The highest BCUT2D eigenvalue weighted by molar-refractivity contribution is 6.35. The van der Waals surface area contributed by atoms with Gasteiger partial charge in [0, 0.05) is 24.2 Å². The number of hydrogen-bond donors (Lipinski definition) is 1. The maximum atomic E-state index is 13.8. The van der Waals surface area contributed by atoms with Crippen LogP contribution in [0.4, 0.5) is 14.5 Å². The van der Waals surface area contributed by atoms with Crippen LogP contribution in [0.1, 0.15) is 64.9 Å². The van der Waals surface area contributed by atoms with E-state index in [2.05, 4.69) is 15.0 Å². The first-order chi connectivity index (χ1) is 28.9. The number of esters is 3. The summed E-state index contributed by atoms with van der Waals surface area (Å²) in [7, 11) is 1.55. The molecule has 0 spiro atoms. The molecule has 0 radical (unpaired) electrons. The van der Waals surface area contributed by atoms with Crippen molar-refractivity contribution in [2.45, 2.75) is 57.0 Å². The fourth-order valence-electron chi connectivity index (χ4n) is 7.30. The predicted octanol–water partition coefficient (Wildman–Crippen LogP) is 7.50. The summed E-state index contributed by atoms with van der Waals surface area (Å²) in [6.07, 6.45) is 4.43. The first-order valence-corrected chi connectivity index (χ1v) is 20.3. The Labute approximate surface area is 354 Å². The second-order valence-electron chi connectivity index (χ2n) is 14.9. The summed E-state index contributed by atoms with van der Waals surface area (Å²) in [6, 6.07) is 16.4. The fraction of sp³-hybridized carbons (Fsp3) is 0.395. The van der Waals surface area contributed by atoms with E-state index in [9.17, 15) is 28.4 Å². The van der Waals surface area contributed by atoms with Crippen LogP contribution in [0.2, 0.25) is 10.0 Å². The molecule has 3 aliphatic heterocycles. The highest BCUT2D eigenvalue weighted by Gasteiger charge is 2.38. The third kappa shape index (κ3) is 11.1. The summed E-state index contributed by atoms with van der Waals surface area (Å²) in [5.41, 5.74) is 1.66. The van der Waals surface area contributed by atoms with Gasteiger partial charge >= 0.3 is 24.5 Å². The Bertz CT molecular complexity index is 2150. The molecule has 3 atom stereocenters. The van der Waals surface area contributed by atoms with Crippen LogP contribution in [0.3, 0.4) is 0 Å². The Balaban J connectivity index is 1.05. The minimum Gasteiger partial charge on any atom is -0.619 e. The number of pyridine rings is 1. The fourth-order valence-corrected chi connectivity index (χ4v) is 7.90. The molecule has 3 saturated heterocycles. The molecule has 1 aromatic heterocycles. The maximum absolute atomic E-state index is 13.8. The lowest BCUT2D eigenvalue weighted by molar-refractivity contribution is -0.605. The average Bonchev–Trinajstić information content (AvgIpc) is 4.07. The number of carbonyl (C=O) groups excluding carboxylic acids is 3. The van der Waals surface area contributed by atoms with E-state index in [0.717, 1.165) is 51.2 Å². The summed E-state index contributed by atoms with van der Waals surface area (Å²) in [5, 5.41) is 15.1. The SMILES string of the molecule is COc1ccc(C(Nc2cccc(C(=O)OCC(=O)O[C@@H](Cc3c(Cl)c[n+]([O-])cc3Cl)c3ccc(OC(F)F)c(OCC4CC4)c3)c2)C(=O)O[C@H]2CN3CCC2CC3)cc1. The second kappa shape index (κ2) is 19.3. The summed E-state index contributed by atoms with van der Waals surface area (Å²) in [6.45, 7) is -0.997. The molecule has 4 fully saturated rings. The number of hydrogen-bond acceptors (Lipinski definition) is 12. The molecule has 17 heteroatoms. The first-order valence-electron chi connectivity index (χ1n) is 19.5. The van der Waals surface area contributed by atoms with Crippen molar-refractivity contribution in [3.63, 3.8) is 0 Å². The third-order valence-electron chi connectivity index (χ3n) is 10.7. The number of aromatic nitrogens is 1. The molecule has 1 N–H and O–H groups in total. The molecule has 4 aliphatic rings. The number of piperidine rings is 3. The van der Waals surface area contributed by atoms with Crippen molar-refractivity contribution in [2.24, 2.45) is 11.8 Å². The number of fused-ring (bicyclic) bond motifs is 3. The van der Waals surface area contributed by atoms with E-state index >= 15 is 0 Å². The van der Waals surface area contributed by atoms with Crippen LogP contribution in [0.25, 0.3) is 0 Å². The largest absolute Gasteiger partial charge is 0.619 e. The van der Waals surface area contributed by atoms with Gasteiger partial charge in [0.05, 0.1) is 19.3 Å². The number of carbonyl (C=O) groups is 3. The summed E-state index contributed by atoms with van der Waals surface area (Å²) < 4.78 is 60.0. The van der Waals surface area contributed by atoms with E-state index in [1.807, 2.05) is 0 Å². The van der Waals surface area contributed by atoms with Gasteiger partial charge in [-0.05, 0) is 104 Å². The van der Waals surface area contributed by atoms with Crippen molar-refractivity contribution in [3.8, 4) is 17.2 Å². The number of benzene rings is 3. The number of anilines is 1. The number of rotatable bonds is 18. The maximum Gasteiger partial charge on any atom is 0.387 e. The molecule has 0 amide bonds. The van der Waals surface area contributed by atoms with E-state index in [1.54, 1.807) is 43.5 Å². The van der Waals surface area contributed by atoms with Gasteiger partial charge in [0.1, 0.15) is 28.0 Å². The van der Waals surface area contributed by atoms with Crippen LogP contribution < -0.4 is 24.3 Å². The van der Waals surface area contributed by atoms with Gasteiger partial charge in [-0.25, -0.2) is 14.4 Å². The van der Waals surface area contributed by atoms with E-state index in [0.29, 0.717) is 39.8 Å². The lowest BCUT2D eigenvalue weighted by atomic mass is 9.86. The van der Waals surface area contributed by atoms with Crippen molar-refractivity contribution < 1.29 is 56.3 Å². The zero-order chi connectivity index (χ0) is 42.3. The Morgan fingerprint density at radius 1 is 0.933 bits per heavy atom. The van der Waals surface area contributed by atoms with E-state index < -0.39 is 43.3 Å². The molecule has 4 aromatic rings. The molecule has 1 unspecified atom stereocenters. The van der Waals surface area contributed by atoms with Crippen LogP contribution >= 0.6 is 23.2 Å². The Morgan fingerprint density at radius 3 is 2.30 bits per heavy atom. The summed E-state index contributed by atoms with van der Waals surface area (Å²) in [4.78, 5) is 42.8. The molecule has 8 rings (SSSR count). The molecule has 1 saturated carbocycles. The number of alkyl halides is 2. The molecule has 3 aromatic carbocycles. The number of nitrogens with one attached hydrogen (secondary N) is 1. The lowest BCUT2D eigenvalue weighted by Crippen LogP contribution is -2.52. The number of halogens is 4. The highest BCUT2D eigenvalue weighted by Crippen LogP contribution is 2.38. The van der Waals surface area contributed by atoms with Gasteiger partial charge in [-0.3, -0.25) is 4.90 Å². The molecule has 2 bridgehead atoms. The number of nitrogens with zero attached hydrogens (tertiary/aromatic N) is 2. The first kappa shape index (κ1) is 42.7. The highest BCUT2D eigenvalue weighted by atomic mass is 35.5. The number of methoxy groups -OCH3 is 1. The number of ether oxygens (including phenoxy) is 6. The van der Waals surface area contributed by atoms with Crippen LogP contribution in [0.5, 0.6) is 17.2 Å². The van der Waals surface area contributed by atoms with Gasteiger partial charge in [-0.15, -0.1) is 0 Å². The zero-order valence-electron chi connectivity index (χ0n) is 32.5. The van der Waals surface area contributed by atoms with Crippen molar-refractivity contribution in [3.05, 3.63) is 117 Å². The monoisotopic (exact) mass is 869 g/mol. The van der Waals surface area contributed by atoms with E-state index in [4.69, 9.17) is 46.9 Å². The minimum absolute atomic E-state index is 0.00445. The normalized spacial score (nSPS) is 19.2. The van der Waals surface area contributed by atoms with E-state index in [-0.39, 0.29) is 57.7 Å². The van der Waals surface area contributed by atoms with Gasteiger partial charge in [-0.1, -0.05) is 47.5 Å². The minimum atomic E-state index is -3.12. The Hall–Kier alpha value is -5.38. The van der Waals surface area contributed by atoms with Crippen LogP contribution in [-0.2, 0) is 30.2 Å². The van der Waals surface area contributed by atoms with E-state index in [1.165, 1.54) is 30.3 Å². The smallest absolute Gasteiger partial charge is 0.387 e. The van der Waals surface area contributed by atoms with Crippen molar-refractivity contribution in [1.82, 2.24) is 4.90 Å². The van der Waals surface area contributed by atoms with Crippen LogP contribution in [-0.4, -0.2) is 75.5 Å². The standard InChI is InChI=1S/C43H43Cl2F2N3O10/c1-55-31-10-7-27(8-11-31)40(42(53)59-38-22-49-15-13-26(38)14-16-49)48-30-4-2-3-29(17-30)41(52)57-24-39(51)58-36(19-32-33(44)20-50(54)21-34(32)45)28-9-12-35(60-43(46)47)37(18-28)56-23-25-5-6-25/h2-4,7-12,17-18,20-21,25-26,36,38,40,43,48H,5-6,13-16,19,22-24H2,1H3/t36-,38-,40?/m0/s1. The third-order valence-corrected chi connectivity index (χ3v) is 11.4. The van der Waals surface area contributed by atoms with Crippen LogP contribution in [0, 0.1) is 17.0 Å². The predicted molar refractivity (Wildman–Crippen MR) is 214 cm³/mol. The van der Waals surface area contributed by atoms with Gasteiger partial charge in [0.2, 0.25) is 0 Å². The van der Waals surface area contributed by atoms with Crippen molar-refractivity contribution in [2.75, 3.05) is 45.3 Å². The summed E-state index contributed by atoms with van der Waals surface area (Å²) >= 11 is 12.7. The lowest BCUT2D eigenvalue weighted by Gasteiger charge is -2.44. The molecular formula is C43H43Cl2F2N3O10. The van der Waals surface area contributed by atoms with Gasteiger partial charge in [0.15, 0.2) is 36.5 Å². The Morgan fingerprint density at radius 2 is 1.65 bits per heavy atom. The molecule has 13 nitrogen and oxygen atoms in total. The van der Waals surface area contributed by atoms with Crippen molar-refractivity contribution in [1.29, 1.82) is 0 Å². The molecular weight excluding hydrogens is 827 g/mol. The van der Waals surface area contributed by atoms with Crippen LogP contribution in [0.15, 0.2) is 79.1 Å². The van der Waals surface area contributed by atoms with Crippen molar-refractivity contribution >= 4 is 46.8 Å². The summed E-state index contributed by atoms with van der Waals surface area (Å²) in [5.74, 6) is -1.31. The molecule has 318 valence electrons. The van der Waals surface area contributed by atoms with Gasteiger partial charge in [0.25, 0.3) is 0 Å². The Kier molecular flexibility index (Phi) is 13.8. The topological polar surface area (TPSA) is 149 Å². The molecule has 1 aliphatic carbocycles. The molecule has 60 heavy (non-hydrogen) atoms.